The van der Waals surface area contributed by atoms with Crippen LogP contribution in [0.2, 0.25) is 0 Å². The van der Waals surface area contributed by atoms with E-state index in [1.165, 1.54) is 16.7 Å². The highest BCUT2D eigenvalue weighted by atomic mass is 32.2. The van der Waals surface area contributed by atoms with E-state index in [0.717, 1.165) is 16.7 Å². The molecule has 6 nitrogen and oxygen atoms in total. The topological polar surface area (TPSA) is 77.9 Å². The number of hydrogen-bond acceptors (Lipinski definition) is 6. The maximum Gasteiger partial charge on any atom is 0.323 e. The summed E-state index contributed by atoms with van der Waals surface area (Å²) in [7, 11) is 0. The van der Waals surface area contributed by atoms with Crippen LogP contribution in [0, 0.1) is 0 Å². The molecule has 0 saturated carbocycles. The minimum Gasteiger partial charge on any atom is -0.480 e. The molecule has 0 radical (unpaired) electrons. The minimum absolute atomic E-state index is 0.152. The van der Waals surface area contributed by atoms with Gasteiger partial charge in [0.15, 0.2) is 0 Å². The summed E-state index contributed by atoms with van der Waals surface area (Å²) < 4.78 is 0.435. The number of thiocarbonyl (C=S) groups is 1. The summed E-state index contributed by atoms with van der Waals surface area (Å²) in [5.74, 6) is -1.52. The van der Waals surface area contributed by atoms with E-state index in [0.29, 0.717) is 20.8 Å². The van der Waals surface area contributed by atoms with E-state index in [2.05, 4.69) is 0 Å². The van der Waals surface area contributed by atoms with Crippen LogP contribution in [0.3, 0.4) is 0 Å². The van der Waals surface area contributed by atoms with E-state index in [1.807, 2.05) is 0 Å². The third-order valence-corrected chi connectivity index (χ3v) is 5.19. The van der Waals surface area contributed by atoms with E-state index >= 15 is 0 Å². The monoisotopic (exact) mass is 318 g/mol. The summed E-state index contributed by atoms with van der Waals surface area (Å²) in [6, 6.07) is 0. The number of aliphatic carboxylic acids is 1. The number of carbonyl (C=O) groups is 3. The number of thioether (sulfide) groups is 2. The molecule has 0 unspecified atom stereocenters. The van der Waals surface area contributed by atoms with Gasteiger partial charge in [0.05, 0.1) is 10.8 Å². The number of hydrogen-bond donors (Lipinski definition) is 1. The minimum atomic E-state index is -1.11. The summed E-state index contributed by atoms with van der Waals surface area (Å²) in [4.78, 5) is 37.5. The highest BCUT2D eigenvalue weighted by molar-refractivity contribution is 8.27. The first kappa shape index (κ1) is 14.4. The van der Waals surface area contributed by atoms with Gasteiger partial charge in [-0.25, -0.2) is 0 Å². The summed E-state index contributed by atoms with van der Waals surface area (Å²) in [5, 5.41) is 9.22. The Morgan fingerprint density at radius 2 is 2.11 bits per heavy atom. The maximum atomic E-state index is 12.1. The maximum absolute atomic E-state index is 12.1. The van der Waals surface area contributed by atoms with Crippen molar-refractivity contribution in [2.24, 2.45) is 0 Å². The normalized spacial score (nSPS) is 23.7. The van der Waals surface area contributed by atoms with Crippen molar-refractivity contribution in [1.29, 1.82) is 0 Å². The number of carboxylic acid groups (broad SMARTS) is 1. The molecule has 2 amide bonds. The van der Waals surface area contributed by atoms with Crippen LogP contribution in [0.15, 0.2) is 9.93 Å². The molecule has 19 heavy (non-hydrogen) atoms. The second kappa shape index (κ2) is 5.51. The molecule has 2 aliphatic heterocycles. The average molecular weight is 318 g/mol. The molecule has 2 rings (SSSR count). The molecule has 2 aliphatic rings. The Labute approximate surface area is 123 Å². The lowest BCUT2D eigenvalue weighted by atomic mass is 10.4. The largest absolute Gasteiger partial charge is 0.480 e. The lowest BCUT2D eigenvalue weighted by Crippen LogP contribution is -2.32. The molecule has 0 aromatic carbocycles. The number of carboxylic acids is 1. The zero-order valence-electron chi connectivity index (χ0n) is 9.91. The fraction of sp³-hybridized carbons (Fsp3) is 0.400. The van der Waals surface area contributed by atoms with Crippen molar-refractivity contribution in [3.63, 3.8) is 0 Å². The van der Waals surface area contributed by atoms with Crippen LogP contribution in [0.4, 0.5) is 0 Å². The van der Waals surface area contributed by atoms with Gasteiger partial charge in [0, 0.05) is 6.54 Å². The van der Waals surface area contributed by atoms with Crippen LogP contribution in [-0.4, -0.2) is 55.9 Å². The van der Waals surface area contributed by atoms with Crippen molar-refractivity contribution >= 4 is 57.8 Å². The van der Waals surface area contributed by atoms with Gasteiger partial charge >= 0.3 is 5.97 Å². The first-order chi connectivity index (χ1) is 8.95. The standard InChI is InChI=1S/C10H10N2O4S3/c1-2-11-8(16)7(19-10(11)17)9-12(3-6(14)15)5(13)4-18-9/h2-4H2,1H3,(H,14,15)/b9-7+. The van der Waals surface area contributed by atoms with Gasteiger partial charge in [-0.2, -0.15) is 0 Å². The van der Waals surface area contributed by atoms with Crippen LogP contribution in [0.25, 0.3) is 0 Å². The van der Waals surface area contributed by atoms with Crippen molar-refractivity contribution in [2.45, 2.75) is 6.92 Å². The molecule has 0 spiro atoms. The summed E-state index contributed by atoms with van der Waals surface area (Å²) >= 11 is 7.39. The van der Waals surface area contributed by atoms with Gasteiger partial charge < -0.3 is 5.11 Å². The summed E-state index contributed by atoms with van der Waals surface area (Å²) in [5.41, 5.74) is 0. The molecule has 0 aromatic heterocycles. The second-order valence-corrected chi connectivity index (χ2v) is 6.32. The van der Waals surface area contributed by atoms with Gasteiger partial charge in [-0.15, -0.1) is 0 Å². The van der Waals surface area contributed by atoms with Crippen molar-refractivity contribution in [3.8, 4) is 0 Å². The van der Waals surface area contributed by atoms with Crippen molar-refractivity contribution in [2.75, 3.05) is 18.8 Å². The Morgan fingerprint density at radius 3 is 2.63 bits per heavy atom. The third kappa shape index (κ3) is 2.63. The molecule has 2 heterocycles. The fourth-order valence-corrected chi connectivity index (χ4v) is 4.29. The van der Waals surface area contributed by atoms with E-state index in [9.17, 15) is 14.4 Å². The van der Waals surface area contributed by atoms with Crippen LogP contribution in [0.1, 0.15) is 6.92 Å². The Morgan fingerprint density at radius 1 is 1.42 bits per heavy atom. The second-order valence-electron chi connectivity index (χ2n) is 3.71. The van der Waals surface area contributed by atoms with E-state index in [1.54, 1.807) is 6.92 Å². The van der Waals surface area contributed by atoms with Crippen molar-refractivity contribution in [3.05, 3.63) is 9.93 Å². The zero-order chi connectivity index (χ0) is 14.2. The number of amides is 2. The van der Waals surface area contributed by atoms with Gasteiger partial charge in [0.2, 0.25) is 5.91 Å². The van der Waals surface area contributed by atoms with Crippen molar-refractivity contribution < 1.29 is 19.5 Å². The molecule has 0 atom stereocenters. The van der Waals surface area contributed by atoms with Crippen LogP contribution < -0.4 is 0 Å². The smallest absolute Gasteiger partial charge is 0.323 e. The van der Waals surface area contributed by atoms with Gasteiger partial charge in [-0.05, 0) is 6.92 Å². The molecule has 1 N–H and O–H groups in total. The zero-order valence-corrected chi connectivity index (χ0v) is 12.4. The SMILES string of the molecule is CCN1C(=O)/C(=C2\SCC(=O)N2CC(=O)O)SC1=S. The number of rotatable bonds is 3. The molecule has 2 fully saturated rings. The number of carbonyl (C=O) groups excluding carboxylic acids is 2. The first-order valence-corrected chi connectivity index (χ1v) is 7.59. The molecule has 9 heteroatoms. The van der Waals surface area contributed by atoms with Gasteiger partial charge in [-0.3, -0.25) is 24.2 Å². The van der Waals surface area contributed by atoms with Crippen LogP contribution >= 0.6 is 35.7 Å². The lowest BCUT2D eigenvalue weighted by molar-refractivity contribution is -0.141. The molecule has 102 valence electrons. The van der Waals surface area contributed by atoms with E-state index in [-0.39, 0.29) is 17.6 Å². The fourth-order valence-electron chi connectivity index (χ4n) is 1.68. The Balaban J connectivity index is 2.36. The van der Waals surface area contributed by atoms with E-state index < -0.39 is 12.5 Å². The van der Waals surface area contributed by atoms with Gasteiger partial charge in [0.1, 0.15) is 15.8 Å². The van der Waals surface area contributed by atoms with Crippen LogP contribution in [0.5, 0.6) is 0 Å². The number of likely N-dealkylation sites (N-methyl/N-ethyl adjacent to an activating group) is 1. The molecule has 0 aromatic rings. The molecular weight excluding hydrogens is 308 g/mol. The highest BCUT2D eigenvalue weighted by Gasteiger charge is 2.39. The molecule has 2 saturated heterocycles. The summed E-state index contributed by atoms with van der Waals surface area (Å²) in [6.07, 6.45) is 0. The van der Waals surface area contributed by atoms with Crippen molar-refractivity contribution in [1.82, 2.24) is 9.80 Å². The van der Waals surface area contributed by atoms with Gasteiger partial charge in [-0.1, -0.05) is 35.7 Å². The molecule has 0 bridgehead atoms. The van der Waals surface area contributed by atoms with E-state index in [4.69, 9.17) is 17.3 Å². The summed E-state index contributed by atoms with van der Waals surface area (Å²) in [6.45, 7) is 1.83. The highest BCUT2D eigenvalue weighted by Crippen LogP contribution is 2.41. The quantitative estimate of drug-likeness (QED) is 0.606. The predicted molar refractivity (Wildman–Crippen MR) is 76.4 cm³/mol. The molecular formula is C10H10N2O4S3. The lowest BCUT2D eigenvalue weighted by Gasteiger charge is -2.15. The Hall–Kier alpha value is -1.06. The Kier molecular flexibility index (Phi) is 4.16. The average Bonchev–Trinajstić information content (AvgIpc) is 2.81. The number of nitrogens with zero attached hydrogens (tertiary/aromatic N) is 2. The Bertz CT molecular complexity index is 517. The first-order valence-electron chi connectivity index (χ1n) is 5.38. The molecule has 0 aliphatic carbocycles. The van der Waals surface area contributed by atoms with Gasteiger partial charge in [0.25, 0.3) is 5.91 Å². The third-order valence-electron chi connectivity index (χ3n) is 2.53. The van der Waals surface area contributed by atoms with Crippen LogP contribution in [-0.2, 0) is 14.4 Å². The predicted octanol–water partition coefficient (Wildman–Crippen LogP) is 0.696.